The number of rotatable bonds is 3. The number of thiazole rings is 1. The maximum absolute atomic E-state index is 12.2. The number of nitrogens with one attached hydrogen (secondary N) is 1. The van der Waals surface area contributed by atoms with Crippen LogP contribution in [0.15, 0.2) is 40.7 Å². The Morgan fingerprint density at radius 3 is 3.05 bits per heavy atom. The Hall–Kier alpha value is -1.86. The average Bonchev–Trinajstić information content (AvgIpc) is 2.90. The number of benzene rings is 1. The number of nitrogens with zero attached hydrogens (tertiary/aromatic N) is 1. The van der Waals surface area contributed by atoms with E-state index in [1.165, 1.54) is 17.4 Å². The van der Waals surface area contributed by atoms with Gasteiger partial charge in [-0.05, 0) is 24.3 Å². The van der Waals surface area contributed by atoms with Gasteiger partial charge in [-0.25, -0.2) is 13.4 Å². The Balaban J connectivity index is 1.96. The van der Waals surface area contributed by atoms with Crippen LogP contribution < -0.4 is 9.46 Å². The molecule has 0 bridgehead atoms. The van der Waals surface area contributed by atoms with Gasteiger partial charge >= 0.3 is 0 Å². The first-order valence-corrected chi connectivity index (χ1v) is 7.87. The van der Waals surface area contributed by atoms with Crippen molar-refractivity contribution in [1.29, 1.82) is 0 Å². The maximum atomic E-state index is 12.2. The van der Waals surface area contributed by atoms with Crippen molar-refractivity contribution in [2.24, 2.45) is 0 Å². The molecular formula is C12H10N2O3S2. The zero-order valence-electron chi connectivity index (χ0n) is 9.74. The lowest BCUT2D eigenvalue weighted by Gasteiger charge is -2.13. The molecule has 1 N–H and O–H groups in total. The molecule has 2 aromatic rings. The number of sulfonamides is 1. The molecule has 0 unspecified atom stereocenters. The van der Waals surface area contributed by atoms with Gasteiger partial charge < -0.3 is 4.74 Å². The highest BCUT2D eigenvalue weighted by molar-refractivity contribution is 7.93. The highest BCUT2D eigenvalue weighted by Gasteiger charge is 2.17. The zero-order valence-corrected chi connectivity index (χ0v) is 11.4. The van der Waals surface area contributed by atoms with Crippen LogP contribution in [0.25, 0.3) is 6.08 Å². The Kier molecular flexibility index (Phi) is 3.00. The van der Waals surface area contributed by atoms with Crippen LogP contribution in [-0.2, 0) is 10.0 Å². The first kappa shape index (κ1) is 12.2. The second kappa shape index (κ2) is 4.67. The van der Waals surface area contributed by atoms with Crippen molar-refractivity contribution < 1.29 is 13.2 Å². The second-order valence-electron chi connectivity index (χ2n) is 3.86. The summed E-state index contributed by atoms with van der Waals surface area (Å²) >= 11 is 1.23. The molecule has 7 heteroatoms. The molecule has 0 fully saturated rings. The largest absolute Gasteiger partial charge is 0.489 e. The Morgan fingerprint density at radius 2 is 2.26 bits per heavy atom. The van der Waals surface area contributed by atoms with Gasteiger partial charge in [-0.15, -0.1) is 11.3 Å². The smallest absolute Gasteiger partial charge is 0.263 e. The predicted octanol–water partition coefficient (Wildman–Crippen LogP) is 2.35. The Morgan fingerprint density at radius 1 is 1.37 bits per heavy atom. The fourth-order valence-corrected chi connectivity index (χ4v) is 3.54. The van der Waals surface area contributed by atoms with E-state index >= 15 is 0 Å². The number of aromatic nitrogens is 1. The molecule has 2 heterocycles. The van der Waals surface area contributed by atoms with E-state index in [4.69, 9.17) is 4.74 Å². The fraction of sp³-hybridized carbons (Fsp3) is 0.0833. The standard InChI is InChI=1S/C12H10N2O3S2/c15-19(16,14-12-13-5-7-18-12)10-3-4-11-9(8-10)2-1-6-17-11/h1-5,7-8H,6H2,(H,13,14). The van der Waals surface area contributed by atoms with Crippen molar-refractivity contribution in [3.63, 3.8) is 0 Å². The van der Waals surface area contributed by atoms with E-state index in [0.717, 1.165) is 5.56 Å². The summed E-state index contributed by atoms with van der Waals surface area (Å²) < 4.78 is 32.2. The van der Waals surface area contributed by atoms with E-state index in [9.17, 15) is 8.42 Å². The van der Waals surface area contributed by atoms with Gasteiger partial charge in [0.1, 0.15) is 12.4 Å². The first-order valence-electron chi connectivity index (χ1n) is 5.51. The molecule has 0 amide bonds. The molecule has 1 aromatic carbocycles. The SMILES string of the molecule is O=S(=O)(Nc1nccs1)c1ccc2c(c1)C=CCO2. The number of ether oxygens (including phenoxy) is 1. The molecular weight excluding hydrogens is 284 g/mol. The lowest BCUT2D eigenvalue weighted by Crippen LogP contribution is -2.13. The van der Waals surface area contributed by atoms with Crippen LogP contribution in [0.4, 0.5) is 5.13 Å². The normalized spacial score (nSPS) is 13.7. The van der Waals surface area contributed by atoms with Crippen LogP contribution in [0.1, 0.15) is 5.56 Å². The van der Waals surface area contributed by atoms with E-state index in [-0.39, 0.29) is 4.90 Å². The average molecular weight is 294 g/mol. The number of anilines is 1. The summed E-state index contributed by atoms with van der Waals surface area (Å²) in [5.41, 5.74) is 0.758. The van der Waals surface area contributed by atoms with E-state index in [2.05, 4.69) is 9.71 Å². The molecule has 0 atom stereocenters. The minimum Gasteiger partial charge on any atom is -0.489 e. The quantitative estimate of drug-likeness (QED) is 0.943. The van der Waals surface area contributed by atoms with Crippen molar-refractivity contribution >= 4 is 32.6 Å². The minimum absolute atomic E-state index is 0.191. The lowest BCUT2D eigenvalue weighted by molar-refractivity contribution is 0.358. The molecule has 0 saturated heterocycles. The van der Waals surface area contributed by atoms with E-state index in [1.54, 1.807) is 23.7 Å². The van der Waals surface area contributed by atoms with E-state index < -0.39 is 10.0 Å². The van der Waals surface area contributed by atoms with E-state index in [0.29, 0.717) is 17.5 Å². The Labute approximate surface area is 114 Å². The Bertz CT molecular complexity index is 721. The topological polar surface area (TPSA) is 68.3 Å². The third kappa shape index (κ3) is 2.47. The second-order valence-corrected chi connectivity index (χ2v) is 6.43. The van der Waals surface area contributed by atoms with Gasteiger partial charge in [-0.1, -0.05) is 6.08 Å². The van der Waals surface area contributed by atoms with Crippen LogP contribution in [0.5, 0.6) is 5.75 Å². The van der Waals surface area contributed by atoms with Crippen LogP contribution in [0.3, 0.4) is 0 Å². The maximum Gasteiger partial charge on any atom is 0.263 e. The van der Waals surface area contributed by atoms with Gasteiger partial charge in [-0.3, -0.25) is 4.72 Å². The van der Waals surface area contributed by atoms with Gasteiger partial charge in [0, 0.05) is 17.1 Å². The van der Waals surface area contributed by atoms with Crippen LogP contribution in [-0.4, -0.2) is 20.0 Å². The lowest BCUT2D eigenvalue weighted by atomic mass is 10.1. The van der Waals surface area contributed by atoms with Crippen LogP contribution in [0, 0.1) is 0 Å². The molecule has 0 aliphatic carbocycles. The third-order valence-electron chi connectivity index (χ3n) is 2.58. The number of hydrogen-bond acceptors (Lipinski definition) is 5. The van der Waals surface area contributed by atoms with Gasteiger partial charge in [0.25, 0.3) is 10.0 Å². The summed E-state index contributed by atoms with van der Waals surface area (Å²) in [6.07, 6.45) is 5.24. The van der Waals surface area contributed by atoms with Crippen molar-refractivity contribution in [2.45, 2.75) is 4.90 Å². The number of hydrogen-bond donors (Lipinski definition) is 1. The first-order chi connectivity index (χ1) is 9.15. The third-order valence-corrected chi connectivity index (χ3v) is 4.73. The fourth-order valence-electron chi connectivity index (χ4n) is 1.72. The zero-order chi connectivity index (χ0) is 13.3. The molecule has 0 spiro atoms. The van der Waals surface area contributed by atoms with Crippen molar-refractivity contribution in [1.82, 2.24) is 4.98 Å². The molecule has 1 aliphatic rings. The summed E-state index contributed by atoms with van der Waals surface area (Å²) in [6.45, 7) is 0.510. The number of fused-ring (bicyclic) bond motifs is 1. The molecule has 5 nitrogen and oxygen atoms in total. The monoisotopic (exact) mass is 294 g/mol. The minimum atomic E-state index is -3.61. The molecule has 0 radical (unpaired) electrons. The molecule has 19 heavy (non-hydrogen) atoms. The van der Waals surface area contributed by atoms with Crippen molar-refractivity contribution in [3.8, 4) is 5.75 Å². The summed E-state index contributed by atoms with van der Waals surface area (Å²) in [4.78, 5) is 4.10. The van der Waals surface area contributed by atoms with Gasteiger partial charge in [0.2, 0.25) is 0 Å². The van der Waals surface area contributed by atoms with E-state index in [1.807, 2.05) is 12.2 Å². The molecule has 0 saturated carbocycles. The highest BCUT2D eigenvalue weighted by Crippen LogP contribution is 2.27. The molecule has 3 rings (SSSR count). The van der Waals surface area contributed by atoms with Gasteiger partial charge in [-0.2, -0.15) is 0 Å². The van der Waals surface area contributed by atoms with Gasteiger partial charge in [0.05, 0.1) is 4.90 Å². The molecule has 1 aromatic heterocycles. The predicted molar refractivity (Wildman–Crippen MR) is 73.9 cm³/mol. The highest BCUT2D eigenvalue weighted by atomic mass is 32.2. The summed E-state index contributed by atoms with van der Waals surface area (Å²) in [7, 11) is -3.61. The van der Waals surface area contributed by atoms with Gasteiger partial charge in [0.15, 0.2) is 5.13 Å². The van der Waals surface area contributed by atoms with Crippen molar-refractivity contribution in [3.05, 3.63) is 41.4 Å². The van der Waals surface area contributed by atoms with Crippen LogP contribution in [0.2, 0.25) is 0 Å². The summed E-state index contributed by atoms with van der Waals surface area (Å²) in [5, 5.41) is 2.06. The summed E-state index contributed by atoms with van der Waals surface area (Å²) in [5.74, 6) is 0.690. The van der Waals surface area contributed by atoms with Crippen LogP contribution >= 0.6 is 11.3 Å². The molecule has 98 valence electrons. The van der Waals surface area contributed by atoms with Crippen molar-refractivity contribution in [2.75, 3.05) is 11.3 Å². The molecule has 1 aliphatic heterocycles. The summed E-state index contributed by atoms with van der Waals surface area (Å²) in [6, 6.07) is 4.77.